The minimum atomic E-state index is -0.372. The summed E-state index contributed by atoms with van der Waals surface area (Å²) in [5, 5.41) is 13.5. The van der Waals surface area contributed by atoms with Gasteiger partial charge >= 0.3 is 0 Å². The summed E-state index contributed by atoms with van der Waals surface area (Å²) < 4.78 is 5.60. The standard InChI is InChI=1S/C15H27NO2/c1-15(2,3)18-8-11(17)7-16-14-12-9-4-5-10(6-9)13(12)14/h9-14,16-17H,4-8H2,1-3H3. The van der Waals surface area contributed by atoms with Crippen LogP contribution in [0.1, 0.15) is 40.0 Å². The summed E-state index contributed by atoms with van der Waals surface area (Å²) >= 11 is 0. The van der Waals surface area contributed by atoms with Crippen LogP contribution in [0.3, 0.4) is 0 Å². The second-order valence-electron chi connectivity index (χ2n) is 7.50. The summed E-state index contributed by atoms with van der Waals surface area (Å²) in [7, 11) is 0. The van der Waals surface area contributed by atoms with Crippen LogP contribution in [-0.2, 0) is 4.74 Å². The van der Waals surface area contributed by atoms with Crippen molar-refractivity contribution in [1.29, 1.82) is 0 Å². The van der Waals surface area contributed by atoms with Gasteiger partial charge in [0.15, 0.2) is 0 Å². The highest BCUT2D eigenvalue weighted by atomic mass is 16.5. The van der Waals surface area contributed by atoms with E-state index in [-0.39, 0.29) is 11.7 Å². The normalized spacial score (nSPS) is 43.0. The van der Waals surface area contributed by atoms with Crippen molar-refractivity contribution in [2.45, 2.75) is 57.8 Å². The van der Waals surface area contributed by atoms with Crippen molar-refractivity contribution in [3.63, 3.8) is 0 Å². The molecule has 0 aromatic carbocycles. The number of rotatable bonds is 5. The van der Waals surface area contributed by atoms with Gasteiger partial charge in [-0.1, -0.05) is 0 Å². The lowest BCUT2D eigenvalue weighted by Crippen LogP contribution is -2.36. The van der Waals surface area contributed by atoms with Crippen molar-refractivity contribution in [1.82, 2.24) is 5.32 Å². The molecule has 0 aromatic rings. The first-order valence-electron chi connectivity index (χ1n) is 7.51. The molecule has 18 heavy (non-hydrogen) atoms. The van der Waals surface area contributed by atoms with Gasteiger partial charge in [-0.2, -0.15) is 0 Å². The zero-order chi connectivity index (χ0) is 12.9. The molecule has 0 spiro atoms. The molecule has 0 aromatic heterocycles. The average molecular weight is 253 g/mol. The fourth-order valence-corrected chi connectivity index (χ4v) is 4.28. The van der Waals surface area contributed by atoms with E-state index in [4.69, 9.17) is 4.74 Å². The van der Waals surface area contributed by atoms with Crippen LogP contribution >= 0.6 is 0 Å². The first-order chi connectivity index (χ1) is 8.46. The molecule has 104 valence electrons. The lowest BCUT2D eigenvalue weighted by Gasteiger charge is -2.22. The molecule has 0 amide bonds. The minimum absolute atomic E-state index is 0.157. The maximum Gasteiger partial charge on any atom is 0.0898 e. The molecular formula is C15H27NO2. The van der Waals surface area contributed by atoms with Crippen molar-refractivity contribution in [2.24, 2.45) is 23.7 Å². The Labute approximate surface area is 110 Å². The van der Waals surface area contributed by atoms with E-state index in [0.29, 0.717) is 19.2 Å². The number of aliphatic hydroxyl groups excluding tert-OH is 1. The third-order valence-corrected chi connectivity index (χ3v) is 5.03. The van der Waals surface area contributed by atoms with Crippen molar-refractivity contribution >= 4 is 0 Å². The molecule has 3 rings (SSSR count). The van der Waals surface area contributed by atoms with Gasteiger partial charge in [0.25, 0.3) is 0 Å². The number of hydrogen-bond donors (Lipinski definition) is 2. The van der Waals surface area contributed by atoms with Gasteiger partial charge in [-0.3, -0.25) is 0 Å². The maximum absolute atomic E-state index is 9.91. The SMILES string of the molecule is CC(C)(C)OCC(O)CNC1C2C3CCC(C3)C12. The molecule has 5 unspecified atom stereocenters. The molecule has 3 aliphatic carbocycles. The minimum Gasteiger partial charge on any atom is -0.389 e. The van der Waals surface area contributed by atoms with Crippen LogP contribution in [0, 0.1) is 23.7 Å². The number of hydrogen-bond acceptors (Lipinski definition) is 3. The third-order valence-electron chi connectivity index (χ3n) is 5.03. The van der Waals surface area contributed by atoms with E-state index in [1.54, 1.807) is 0 Å². The molecule has 0 aliphatic heterocycles. The lowest BCUT2D eigenvalue weighted by molar-refractivity contribution is -0.0481. The summed E-state index contributed by atoms with van der Waals surface area (Å²) in [5.74, 6) is 3.89. The molecular weight excluding hydrogens is 226 g/mol. The summed E-state index contributed by atoms with van der Waals surface area (Å²) in [4.78, 5) is 0. The van der Waals surface area contributed by atoms with Gasteiger partial charge in [-0.25, -0.2) is 0 Å². The molecule has 5 atom stereocenters. The van der Waals surface area contributed by atoms with E-state index >= 15 is 0 Å². The first kappa shape index (κ1) is 12.9. The van der Waals surface area contributed by atoms with Crippen molar-refractivity contribution in [3.8, 4) is 0 Å². The van der Waals surface area contributed by atoms with Crippen molar-refractivity contribution < 1.29 is 9.84 Å². The van der Waals surface area contributed by atoms with Crippen LogP contribution in [0.25, 0.3) is 0 Å². The predicted molar refractivity (Wildman–Crippen MR) is 71.3 cm³/mol. The molecule has 3 aliphatic rings. The van der Waals surface area contributed by atoms with Crippen LogP contribution in [0.2, 0.25) is 0 Å². The van der Waals surface area contributed by atoms with Gasteiger partial charge in [0, 0.05) is 12.6 Å². The van der Waals surface area contributed by atoms with E-state index in [2.05, 4.69) is 5.32 Å². The molecule has 0 heterocycles. The summed E-state index contributed by atoms with van der Waals surface area (Å²) in [5.41, 5.74) is -0.157. The number of fused-ring (bicyclic) bond motifs is 5. The van der Waals surface area contributed by atoms with Crippen LogP contribution < -0.4 is 5.32 Å². The highest BCUT2D eigenvalue weighted by Crippen LogP contribution is 2.65. The van der Waals surface area contributed by atoms with Crippen LogP contribution in [0.15, 0.2) is 0 Å². The van der Waals surface area contributed by atoms with Crippen molar-refractivity contribution in [2.75, 3.05) is 13.2 Å². The first-order valence-corrected chi connectivity index (χ1v) is 7.51. The van der Waals surface area contributed by atoms with E-state index in [9.17, 15) is 5.11 Å². The molecule has 0 radical (unpaired) electrons. The van der Waals surface area contributed by atoms with Gasteiger partial charge < -0.3 is 15.2 Å². The fourth-order valence-electron chi connectivity index (χ4n) is 4.28. The molecule has 2 N–H and O–H groups in total. The Kier molecular flexibility index (Phi) is 3.20. The van der Waals surface area contributed by atoms with Crippen LogP contribution in [0.4, 0.5) is 0 Å². The molecule has 0 saturated heterocycles. The third kappa shape index (κ3) is 2.45. The zero-order valence-electron chi connectivity index (χ0n) is 11.9. The molecule has 3 heteroatoms. The highest BCUT2D eigenvalue weighted by molar-refractivity contribution is 5.16. The molecule has 2 bridgehead atoms. The van der Waals surface area contributed by atoms with Crippen molar-refractivity contribution in [3.05, 3.63) is 0 Å². The Morgan fingerprint density at radius 3 is 2.39 bits per heavy atom. The summed E-state index contributed by atoms with van der Waals surface area (Å²) in [6.07, 6.45) is 4.03. The fraction of sp³-hybridized carbons (Fsp3) is 1.00. The van der Waals surface area contributed by atoms with Gasteiger partial charge in [0.2, 0.25) is 0 Å². The smallest absolute Gasteiger partial charge is 0.0898 e. The maximum atomic E-state index is 9.91. The Hall–Kier alpha value is -0.120. The lowest BCUT2D eigenvalue weighted by atomic mass is 10.0. The summed E-state index contributed by atoms with van der Waals surface area (Å²) in [6.45, 7) is 7.20. The zero-order valence-corrected chi connectivity index (χ0v) is 11.9. The van der Waals surface area contributed by atoms with E-state index in [1.807, 2.05) is 20.8 Å². The quantitative estimate of drug-likeness (QED) is 0.785. The monoisotopic (exact) mass is 253 g/mol. The Morgan fingerprint density at radius 2 is 1.83 bits per heavy atom. The largest absolute Gasteiger partial charge is 0.389 e. The molecule has 3 nitrogen and oxygen atoms in total. The Balaban J connectivity index is 1.36. The summed E-state index contributed by atoms with van der Waals surface area (Å²) in [6, 6.07) is 0.709. The predicted octanol–water partition coefficient (Wildman–Crippen LogP) is 1.80. The van der Waals surface area contributed by atoms with E-state index in [0.717, 1.165) is 23.7 Å². The molecule has 3 fully saturated rings. The number of ether oxygens (including phenoxy) is 1. The van der Waals surface area contributed by atoms with Crippen LogP contribution in [0.5, 0.6) is 0 Å². The highest BCUT2D eigenvalue weighted by Gasteiger charge is 2.64. The number of aliphatic hydroxyl groups is 1. The Morgan fingerprint density at radius 1 is 1.22 bits per heavy atom. The van der Waals surface area contributed by atoms with Gasteiger partial charge in [0.1, 0.15) is 0 Å². The van der Waals surface area contributed by atoms with Gasteiger partial charge in [-0.05, 0) is 63.7 Å². The Bertz CT molecular complexity index is 296. The van der Waals surface area contributed by atoms with Crippen LogP contribution in [-0.4, -0.2) is 36.0 Å². The van der Waals surface area contributed by atoms with Gasteiger partial charge in [-0.15, -0.1) is 0 Å². The van der Waals surface area contributed by atoms with Gasteiger partial charge in [0.05, 0.1) is 18.3 Å². The van der Waals surface area contributed by atoms with E-state index < -0.39 is 0 Å². The van der Waals surface area contributed by atoms with E-state index in [1.165, 1.54) is 19.3 Å². The topological polar surface area (TPSA) is 41.5 Å². The molecule has 3 saturated carbocycles. The second-order valence-corrected chi connectivity index (χ2v) is 7.50. The number of nitrogens with one attached hydrogen (secondary N) is 1. The average Bonchev–Trinajstić information content (AvgIpc) is 2.67. The second kappa shape index (κ2) is 4.46.